The van der Waals surface area contributed by atoms with Gasteiger partial charge in [-0.25, -0.2) is 4.98 Å². The van der Waals surface area contributed by atoms with Crippen LogP contribution in [0.15, 0.2) is 10.6 Å². The monoisotopic (exact) mass is 331 g/mol. The Morgan fingerprint density at radius 2 is 2.08 bits per heavy atom. The van der Waals surface area contributed by atoms with E-state index in [2.05, 4.69) is 10.1 Å². The molecular weight excluding hydrogens is 306 g/mol. The summed E-state index contributed by atoms with van der Waals surface area (Å²) in [7, 11) is 1.74. The second-order valence-corrected chi connectivity index (χ2v) is 7.29. The van der Waals surface area contributed by atoms with Crippen LogP contribution in [0.5, 0.6) is 0 Å². The van der Waals surface area contributed by atoms with Crippen molar-refractivity contribution < 1.29 is 14.4 Å². The molecule has 2 heterocycles. The predicted molar refractivity (Wildman–Crippen MR) is 91.0 cm³/mol. The maximum atomic E-state index is 13.0. The first-order valence-electron chi connectivity index (χ1n) is 8.55. The van der Waals surface area contributed by atoms with Crippen LogP contribution in [0.3, 0.4) is 0 Å². The number of aliphatic hydroxyl groups is 1. The van der Waals surface area contributed by atoms with E-state index in [1.54, 1.807) is 11.9 Å². The van der Waals surface area contributed by atoms with E-state index in [0.717, 1.165) is 31.4 Å². The average Bonchev–Trinajstić information content (AvgIpc) is 3.12. The van der Waals surface area contributed by atoms with Gasteiger partial charge in [0.25, 0.3) is 11.6 Å². The van der Waals surface area contributed by atoms with Gasteiger partial charge in [0.1, 0.15) is 0 Å². The van der Waals surface area contributed by atoms with Gasteiger partial charge in [0, 0.05) is 19.3 Å². The highest BCUT2D eigenvalue weighted by Crippen LogP contribution is 2.31. The SMILES string of the molecule is Cc1noc2nc(C(C)C)cc(C(=O)N(C)CC3(O)CCCC3)c12. The Morgan fingerprint density at radius 1 is 1.42 bits per heavy atom. The molecule has 2 aromatic rings. The summed E-state index contributed by atoms with van der Waals surface area (Å²) in [6, 6.07) is 1.83. The molecule has 1 saturated carbocycles. The predicted octanol–water partition coefficient (Wildman–Crippen LogP) is 3.03. The third kappa shape index (κ3) is 3.02. The van der Waals surface area contributed by atoms with Crippen molar-refractivity contribution in [1.82, 2.24) is 15.0 Å². The summed E-state index contributed by atoms with van der Waals surface area (Å²) < 4.78 is 5.28. The van der Waals surface area contributed by atoms with Gasteiger partial charge in [0.15, 0.2) is 0 Å². The first kappa shape index (κ1) is 16.9. The van der Waals surface area contributed by atoms with Crippen LogP contribution in [-0.4, -0.2) is 45.2 Å². The van der Waals surface area contributed by atoms with E-state index in [4.69, 9.17) is 4.52 Å². The minimum absolute atomic E-state index is 0.129. The largest absolute Gasteiger partial charge is 0.388 e. The lowest BCUT2D eigenvalue weighted by Crippen LogP contribution is -2.42. The maximum absolute atomic E-state index is 13.0. The van der Waals surface area contributed by atoms with Crippen LogP contribution in [0.4, 0.5) is 0 Å². The quantitative estimate of drug-likeness (QED) is 0.931. The van der Waals surface area contributed by atoms with Crippen LogP contribution in [0, 0.1) is 6.92 Å². The molecule has 0 aliphatic heterocycles. The summed E-state index contributed by atoms with van der Waals surface area (Å²) in [6.45, 7) is 6.20. The molecule has 6 heteroatoms. The van der Waals surface area contributed by atoms with Crippen molar-refractivity contribution in [2.24, 2.45) is 0 Å². The van der Waals surface area contributed by atoms with Crippen molar-refractivity contribution in [3.63, 3.8) is 0 Å². The Bertz CT molecular complexity index is 760. The second-order valence-electron chi connectivity index (χ2n) is 7.29. The van der Waals surface area contributed by atoms with E-state index in [0.29, 0.717) is 28.9 Å². The molecule has 0 bridgehead atoms. The lowest BCUT2D eigenvalue weighted by atomic mass is 10.0. The van der Waals surface area contributed by atoms with Gasteiger partial charge < -0.3 is 14.5 Å². The summed E-state index contributed by atoms with van der Waals surface area (Å²) in [5.41, 5.74) is 1.64. The van der Waals surface area contributed by atoms with Gasteiger partial charge in [-0.15, -0.1) is 0 Å². The molecule has 0 saturated heterocycles. The van der Waals surface area contributed by atoms with Crippen molar-refractivity contribution in [3.05, 3.63) is 23.0 Å². The van der Waals surface area contributed by atoms with Gasteiger partial charge in [-0.1, -0.05) is 31.8 Å². The third-order valence-corrected chi connectivity index (χ3v) is 4.87. The van der Waals surface area contributed by atoms with Crippen LogP contribution < -0.4 is 0 Å². The Labute approximate surface area is 141 Å². The van der Waals surface area contributed by atoms with Crippen molar-refractivity contribution in [2.75, 3.05) is 13.6 Å². The summed E-state index contributed by atoms with van der Waals surface area (Å²) in [5, 5.41) is 15.2. The van der Waals surface area contributed by atoms with E-state index < -0.39 is 5.60 Å². The van der Waals surface area contributed by atoms with Crippen molar-refractivity contribution in [1.29, 1.82) is 0 Å². The molecule has 1 fully saturated rings. The fourth-order valence-corrected chi connectivity index (χ4v) is 3.49. The molecule has 24 heavy (non-hydrogen) atoms. The normalized spacial score (nSPS) is 16.9. The van der Waals surface area contributed by atoms with Gasteiger partial charge >= 0.3 is 0 Å². The number of likely N-dealkylation sites (N-methyl/N-ethyl adjacent to an activating group) is 1. The molecule has 130 valence electrons. The number of aryl methyl sites for hydroxylation is 1. The van der Waals surface area contributed by atoms with E-state index >= 15 is 0 Å². The first-order chi connectivity index (χ1) is 11.3. The number of carbonyl (C=O) groups is 1. The Hall–Kier alpha value is -1.95. The summed E-state index contributed by atoms with van der Waals surface area (Å²) >= 11 is 0. The van der Waals surface area contributed by atoms with E-state index in [9.17, 15) is 9.90 Å². The fourth-order valence-electron chi connectivity index (χ4n) is 3.49. The smallest absolute Gasteiger partial charge is 0.259 e. The van der Waals surface area contributed by atoms with Gasteiger partial charge in [0.2, 0.25) is 0 Å². The molecule has 0 aromatic carbocycles. The zero-order valence-corrected chi connectivity index (χ0v) is 14.8. The number of rotatable bonds is 4. The minimum atomic E-state index is -0.763. The topological polar surface area (TPSA) is 79.5 Å². The standard InChI is InChI=1S/C18H25N3O3/c1-11(2)14-9-13(15-12(3)20-24-16(15)19-14)17(22)21(4)10-18(23)7-5-6-8-18/h9,11,23H,5-8,10H2,1-4H3. The molecule has 0 atom stereocenters. The lowest BCUT2D eigenvalue weighted by molar-refractivity contribution is 0.0157. The number of hydrogen-bond acceptors (Lipinski definition) is 5. The first-order valence-corrected chi connectivity index (χ1v) is 8.55. The van der Waals surface area contributed by atoms with Crippen molar-refractivity contribution in [3.8, 4) is 0 Å². The van der Waals surface area contributed by atoms with E-state index in [1.165, 1.54) is 0 Å². The highest BCUT2D eigenvalue weighted by Gasteiger charge is 2.34. The molecule has 1 aliphatic carbocycles. The number of pyridine rings is 1. The van der Waals surface area contributed by atoms with Crippen LogP contribution in [-0.2, 0) is 0 Å². The molecule has 1 aliphatic rings. The summed E-state index contributed by atoms with van der Waals surface area (Å²) in [4.78, 5) is 19.1. The third-order valence-electron chi connectivity index (χ3n) is 4.87. The summed E-state index contributed by atoms with van der Waals surface area (Å²) in [6.07, 6.45) is 3.53. The van der Waals surface area contributed by atoms with Gasteiger partial charge in [-0.3, -0.25) is 4.79 Å². The van der Waals surface area contributed by atoms with Gasteiger partial charge in [0.05, 0.1) is 22.2 Å². The maximum Gasteiger partial charge on any atom is 0.259 e. The molecule has 6 nitrogen and oxygen atoms in total. The fraction of sp³-hybridized carbons (Fsp3) is 0.611. The lowest BCUT2D eigenvalue weighted by Gasteiger charge is -2.29. The highest BCUT2D eigenvalue weighted by molar-refractivity contribution is 6.06. The van der Waals surface area contributed by atoms with Crippen LogP contribution in [0.2, 0.25) is 0 Å². The Kier molecular flexibility index (Phi) is 4.34. The summed E-state index contributed by atoms with van der Waals surface area (Å²) in [5.74, 6) is 0.0478. The molecule has 0 spiro atoms. The Balaban J connectivity index is 1.97. The van der Waals surface area contributed by atoms with Gasteiger partial charge in [-0.05, 0) is 31.7 Å². The average molecular weight is 331 g/mol. The molecular formula is C18H25N3O3. The van der Waals surface area contributed by atoms with E-state index in [-0.39, 0.29) is 11.8 Å². The highest BCUT2D eigenvalue weighted by atomic mass is 16.5. The van der Waals surface area contributed by atoms with Crippen molar-refractivity contribution in [2.45, 2.75) is 58.0 Å². The minimum Gasteiger partial charge on any atom is -0.388 e. The van der Waals surface area contributed by atoms with Crippen LogP contribution >= 0.6 is 0 Å². The number of aromatic nitrogens is 2. The van der Waals surface area contributed by atoms with Crippen molar-refractivity contribution >= 4 is 17.0 Å². The van der Waals surface area contributed by atoms with Crippen LogP contribution in [0.25, 0.3) is 11.1 Å². The molecule has 0 unspecified atom stereocenters. The van der Waals surface area contributed by atoms with Crippen LogP contribution in [0.1, 0.15) is 67.2 Å². The number of carbonyl (C=O) groups excluding carboxylic acids is 1. The second kappa shape index (κ2) is 6.16. The zero-order valence-electron chi connectivity index (χ0n) is 14.8. The molecule has 3 rings (SSSR count). The Morgan fingerprint density at radius 3 is 2.71 bits per heavy atom. The number of fused-ring (bicyclic) bond motifs is 1. The number of nitrogens with zero attached hydrogens (tertiary/aromatic N) is 3. The van der Waals surface area contributed by atoms with Gasteiger partial charge in [-0.2, -0.15) is 0 Å². The van der Waals surface area contributed by atoms with E-state index in [1.807, 2.05) is 26.8 Å². The number of amides is 1. The molecule has 2 aromatic heterocycles. The molecule has 0 radical (unpaired) electrons. The molecule has 1 amide bonds. The molecule has 1 N–H and O–H groups in total. The zero-order chi connectivity index (χ0) is 17.5. The number of hydrogen-bond donors (Lipinski definition) is 1.